The molecule has 0 bridgehead atoms. The molecule has 0 fully saturated rings. The molecule has 100 valence electrons. The minimum atomic E-state index is -0.718. The molecule has 0 saturated heterocycles. The zero-order chi connectivity index (χ0) is 14.1. The lowest BCUT2D eigenvalue weighted by atomic mass is 10.1. The zero-order valence-corrected chi connectivity index (χ0v) is 11.3. The zero-order valence-electron chi connectivity index (χ0n) is 11.3. The van der Waals surface area contributed by atoms with E-state index in [0.29, 0.717) is 0 Å². The third-order valence-corrected chi connectivity index (χ3v) is 3.56. The van der Waals surface area contributed by atoms with Gasteiger partial charge in [0.1, 0.15) is 11.9 Å². The van der Waals surface area contributed by atoms with E-state index in [9.17, 15) is 5.11 Å². The van der Waals surface area contributed by atoms with Gasteiger partial charge in [0.15, 0.2) is 0 Å². The first kappa shape index (κ1) is 12.6. The number of hydrogen-bond acceptors (Lipinski definition) is 2. The third kappa shape index (κ3) is 1.84. The summed E-state index contributed by atoms with van der Waals surface area (Å²) in [6, 6.07) is 13.8. The first-order valence-corrected chi connectivity index (χ1v) is 6.56. The van der Waals surface area contributed by atoms with Crippen LogP contribution in [0.25, 0.3) is 16.7 Å². The maximum atomic E-state index is 10.3. The van der Waals surface area contributed by atoms with Gasteiger partial charge < -0.3 is 5.11 Å². The van der Waals surface area contributed by atoms with Crippen molar-refractivity contribution in [2.45, 2.75) is 13.0 Å². The molecule has 3 rings (SSSR count). The van der Waals surface area contributed by atoms with Crippen LogP contribution in [-0.4, -0.2) is 14.7 Å². The number of aliphatic hydroxyl groups is 1. The standard InChI is InChI=1S/C17H16N2O/c1-3-15(20)17-12(2)13-8-4-5-9-14(13)19(17)16-10-6-7-11-18-16/h3-11,15,20H,1H2,2H3. The summed E-state index contributed by atoms with van der Waals surface area (Å²) < 4.78 is 2.00. The van der Waals surface area contributed by atoms with Crippen LogP contribution >= 0.6 is 0 Å². The second-order valence-electron chi connectivity index (χ2n) is 4.73. The first-order chi connectivity index (χ1) is 9.74. The van der Waals surface area contributed by atoms with Gasteiger partial charge in [0.2, 0.25) is 0 Å². The fourth-order valence-corrected chi connectivity index (χ4v) is 2.62. The van der Waals surface area contributed by atoms with E-state index in [1.807, 2.05) is 47.9 Å². The Kier molecular flexibility index (Phi) is 3.12. The summed E-state index contributed by atoms with van der Waals surface area (Å²) in [5.74, 6) is 0.799. The lowest BCUT2D eigenvalue weighted by Gasteiger charge is -2.13. The molecular formula is C17H16N2O. The number of fused-ring (bicyclic) bond motifs is 1. The van der Waals surface area contributed by atoms with E-state index in [1.165, 1.54) is 0 Å². The molecule has 0 spiro atoms. The highest BCUT2D eigenvalue weighted by molar-refractivity contribution is 5.87. The topological polar surface area (TPSA) is 38.0 Å². The van der Waals surface area contributed by atoms with E-state index in [-0.39, 0.29) is 0 Å². The van der Waals surface area contributed by atoms with Gasteiger partial charge >= 0.3 is 0 Å². The number of benzene rings is 1. The molecule has 2 heterocycles. The van der Waals surface area contributed by atoms with Gasteiger partial charge in [-0.25, -0.2) is 4.98 Å². The van der Waals surface area contributed by atoms with Gasteiger partial charge in [0, 0.05) is 11.6 Å². The van der Waals surface area contributed by atoms with Crippen LogP contribution in [0.4, 0.5) is 0 Å². The predicted octanol–water partition coefficient (Wildman–Crippen LogP) is 3.55. The molecule has 3 aromatic rings. The van der Waals surface area contributed by atoms with Gasteiger partial charge in [0.05, 0.1) is 11.2 Å². The maximum absolute atomic E-state index is 10.3. The molecule has 1 unspecified atom stereocenters. The van der Waals surface area contributed by atoms with Crippen molar-refractivity contribution in [1.82, 2.24) is 9.55 Å². The van der Waals surface area contributed by atoms with Gasteiger partial charge in [0.25, 0.3) is 0 Å². The summed E-state index contributed by atoms with van der Waals surface area (Å²) in [7, 11) is 0. The summed E-state index contributed by atoms with van der Waals surface area (Å²) in [5, 5.41) is 11.4. The Bertz CT molecular complexity index is 759. The van der Waals surface area contributed by atoms with Crippen molar-refractivity contribution in [2.75, 3.05) is 0 Å². The van der Waals surface area contributed by atoms with Crippen molar-refractivity contribution >= 4 is 10.9 Å². The van der Waals surface area contributed by atoms with Crippen molar-refractivity contribution < 1.29 is 5.11 Å². The average molecular weight is 264 g/mol. The highest BCUT2D eigenvalue weighted by Gasteiger charge is 2.19. The third-order valence-electron chi connectivity index (χ3n) is 3.56. The molecule has 1 aromatic carbocycles. The van der Waals surface area contributed by atoms with E-state index in [0.717, 1.165) is 28.0 Å². The molecule has 1 atom stereocenters. The molecule has 3 heteroatoms. The molecule has 0 amide bonds. The largest absolute Gasteiger partial charge is 0.383 e. The van der Waals surface area contributed by atoms with Crippen molar-refractivity contribution in [2.24, 2.45) is 0 Å². The Morgan fingerprint density at radius 1 is 1.20 bits per heavy atom. The smallest absolute Gasteiger partial charge is 0.137 e. The molecule has 0 aliphatic rings. The summed E-state index contributed by atoms with van der Waals surface area (Å²) >= 11 is 0. The fraction of sp³-hybridized carbons (Fsp3) is 0.118. The van der Waals surface area contributed by atoms with E-state index in [1.54, 1.807) is 12.3 Å². The van der Waals surface area contributed by atoms with E-state index in [2.05, 4.69) is 17.6 Å². The van der Waals surface area contributed by atoms with E-state index < -0.39 is 6.10 Å². The molecule has 1 N–H and O–H groups in total. The van der Waals surface area contributed by atoms with Crippen LogP contribution < -0.4 is 0 Å². The Balaban J connectivity index is 2.42. The quantitative estimate of drug-likeness (QED) is 0.735. The Hall–Kier alpha value is -2.39. The highest BCUT2D eigenvalue weighted by Crippen LogP contribution is 2.32. The monoisotopic (exact) mass is 264 g/mol. The van der Waals surface area contributed by atoms with Crippen LogP contribution in [0.2, 0.25) is 0 Å². The van der Waals surface area contributed by atoms with Crippen molar-refractivity contribution in [3.8, 4) is 5.82 Å². The highest BCUT2D eigenvalue weighted by atomic mass is 16.3. The molecule has 20 heavy (non-hydrogen) atoms. The molecule has 3 nitrogen and oxygen atoms in total. The molecule has 0 aliphatic carbocycles. The van der Waals surface area contributed by atoms with Gasteiger partial charge in [-0.2, -0.15) is 0 Å². The Labute approximate surface area is 117 Å². The number of aromatic nitrogens is 2. The molecule has 0 radical (unpaired) electrons. The summed E-state index contributed by atoms with van der Waals surface area (Å²) in [6.07, 6.45) is 2.58. The number of para-hydroxylation sites is 1. The number of aliphatic hydroxyl groups excluding tert-OH is 1. The Morgan fingerprint density at radius 2 is 1.95 bits per heavy atom. The van der Waals surface area contributed by atoms with Crippen LogP contribution in [0.1, 0.15) is 17.4 Å². The summed E-state index contributed by atoms with van der Waals surface area (Å²) in [6.45, 7) is 5.72. The van der Waals surface area contributed by atoms with Crippen LogP contribution in [0.3, 0.4) is 0 Å². The van der Waals surface area contributed by atoms with Gasteiger partial charge in [-0.3, -0.25) is 4.57 Å². The number of pyridine rings is 1. The second kappa shape index (κ2) is 4.94. The lowest BCUT2D eigenvalue weighted by Crippen LogP contribution is -2.06. The number of aryl methyl sites for hydroxylation is 1. The van der Waals surface area contributed by atoms with E-state index >= 15 is 0 Å². The maximum Gasteiger partial charge on any atom is 0.137 e. The lowest BCUT2D eigenvalue weighted by molar-refractivity contribution is 0.221. The minimum Gasteiger partial charge on any atom is -0.383 e. The number of rotatable bonds is 3. The van der Waals surface area contributed by atoms with Crippen LogP contribution in [0.5, 0.6) is 0 Å². The summed E-state index contributed by atoms with van der Waals surface area (Å²) in [5.41, 5.74) is 2.91. The van der Waals surface area contributed by atoms with Crippen molar-refractivity contribution in [3.05, 3.63) is 72.6 Å². The molecular weight excluding hydrogens is 248 g/mol. The Morgan fingerprint density at radius 3 is 2.65 bits per heavy atom. The van der Waals surface area contributed by atoms with Crippen molar-refractivity contribution in [3.63, 3.8) is 0 Å². The number of hydrogen-bond donors (Lipinski definition) is 1. The SMILES string of the molecule is C=CC(O)c1c(C)c2ccccc2n1-c1ccccn1. The first-order valence-electron chi connectivity index (χ1n) is 6.56. The average Bonchev–Trinajstić information content (AvgIpc) is 2.81. The molecule has 0 saturated carbocycles. The predicted molar refractivity (Wildman–Crippen MR) is 81.0 cm³/mol. The minimum absolute atomic E-state index is 0.718. The molecule has 2 aromatic heterocycles. The molecule has 0 aliphatic heterocycles. The van der Waals surface area contributed by atoms with Crippen LogP contribution in [-0.2, 0) is 0 Å². The van der Waals surface area contributed by atoms with Crippen LogP contribution in [0.15, 0.2) is 61.3 Å². The summed E-state index contributed by atoms with van der Waals surface area (Å²) in [4.78, 5) is 4.41. The van der Waals surface area contributed by atoms with Gasteiger partial charge in [-0.15, -0.1) is 6.58 Å². The normalized spacial score (nSPS) is 12.5. The van der Waals surface area contributed by atoms with Crippen molar-refractivity contribution in [1.29, 1.82) is 0 Å². The fourth-order valence-electron chi connectivity index (χ4n) is 2.62. The van der Waals surface area contributed by atoms with Crippen LogP contribution in [0, 0.1) is 6.92 Å². The van der Waals surface area contributed by atoms with Gasteiger partial charge in [-0.05, 0) is 30.7 Å². The van der Waals surface area contributed by atoms with E-state index in [4.69, 9.17) is 0 Å². The second-order valence-corrected chi connectivity index (χ2v) is 4.73. The number of nitrogens with zero attached hydrogens (tertiary/aromatic N) is 2. The van der Waals surface area contributed by atoms with Gasteiger partial charge in [-0.1, -0.05) is 30.3 Å².